The molecule has 0 unspecified atom stereocenters. The van der Waals surface area contributed by atoms with Gasteiger partial charge in [-0.15, -0.1) is 0 Å². The van der Waals surface area contributed by atoms with E-state index < -0.39 is 23.8 Å². The van der Waals surface area contributed by atoms with Gasteiger partial charge in [-0.1, -0.05) is 18.2 Å². The standard InChI is InChI=1S/C27H35F3N4O2/c1-3-36-26(35)24(19(2)33-23-9-6-8-21(18-23)27(28,29)30)25(20-10-12-22(31)13-11-20)32-14-7-17-34-15-4-5-16-34/h6,8-13,18,25,32-33H,3-5,7,14-17,31H2,1-2H3/b24-19+/t25-/m1/s1. The number of hydrogen-bond acceptors (Lipinski definition) is 6. The lowest BCUT2D eigenvalue weighted by molar-refractivity contribution is -0.139. The van der Waals surface area contributed by atoms with Crippen molar-refractivity contribution in [3.63, 3.8) is 0 Å². The van der Waals surface area contributed by atoms with Crippen LogP contribution in [-0.4, -0.2) is 43.7 Å². The maximum absolute atomic E-state index is 13.2. The molecule has 0 spiro atoms. The monoisotopic (exact) mass is 504 g/mol. The predicted octanol–water partition coefficient (Wildman–Crippen LogP) is 5.35. The molecule has 0 saturated carbocycles. The fraction of sp³-hybridized carbons (Fsp3) is 0.444. The summed E-state index contributed by atoms with van der Waals surface area (Å²) in [5, 5.41) is 6.47. The molecule has 2 aromatic rings. The van der Waals surface area contributed by atoms with E-state index in [2.05, 4.69) is 15.5 Å². The molecule has 0 bridgehead atoms. The highest BCUT2D eigenvalue weighted by molar-refractivity contribution is 5.91. The first-order valence-corrected chi connectivity index (χ1v) is 12.3. The Morgan fingerprint density at radius 2 is 1.83 bits per heavy atom. The molecule has 1 atom stereocenters. The highest BCUT2D eigenvalue weighted by atomic mass is 19.4. The Kier molecular flexibility index (Phi) is 9.78. The summed E-state index contributed by atoms with van der Waals surface area (Å²) >= 11 is 0. The van der Waals surface area contributed by atoms with Gasteiger partial charge in [-0.3, -0.25) is 0 Å². The molecule has 1 fully saturated rings. The third kappa shape index (κ3) is 7.73. The Labute approximate surface area is 210 Å². The maximum Gasteiger partial charge on any atom is 0.416 e. The molecule has 1 heterocycles. The van der Waals surface area contributed by atoms with Crippen LogP contribution in [0.3, 0.4) is 0 Å². The van der Waals surface area contributed by atoms with Gasteiger partial charge in [0.1, 0.15) is 0 Å². The molecule has 0 amide bonds. The SMILES string of the molecule is CCOC(=O)/C(=C(\C)Nc1cccc(C(F)(F)F)c1)[C@H](NCCCN1CCCC1)c1ccc(N)cc1. The van der Waals surface area contributed by atoms with Gasteiger partial charge < -0.3 is 26.0 Å². The molecule has 1 aliphatic heterocycles. The number of carbonyl (C=O) groups is 1. The molecular weight excluding hydrogens is 469 g/mol. The second-order valence-corrected chi connectivity index (χ2v) is 8.92. The molecule has 1 aliphatic rings. The highest BCUT2D eigenvalue weighted by Gasteiger charge is 2.31. The summed E-state index contributed by atoms with van der Waals surface area (Å²) in [6.45, 7) is 7.37. The van der Waals surface area contributed by atoms with Crippen molar-refractivity contribution in [3.8, 4) is 0 Å². The number of nitrogens with zero attached hydrogens (tertiary/aromatic N) is 1. The van der Waals surface area contributed by atoms with Crippen molar-refractivity contribution in [1.29, 1.82) is 0 Å². The first-order chi connectivity index (χ1) is 17.2. The number of likely N-dealkylation sites (tertiary alicyclic amines) is 1. The fourth-order valence-electron chi connectivity index (χ4n) is 4.38. The molecule has 6 nitrogen and oxygen atoms in total. The third-order valence-electron chi connectivity index (χ3n) is 6.18. The highest BCUT2D eigenvalue weighted by Crippen LogP contribution is 2.32. The summed E-state index contributed by atoms with van der Waals surface area (Å²) in [6.07, 6.45) is -1.14. The van der Waals surface area contributed by atoms with Crippen LogP contribution >= 0.6 is 0 Å². The normalized spacial score (nSPS) is 15.9. The minimum Gasteiger partial charge on any atom is -0.463 e. The molecule has 1 saturated heterocycles. The Morgan fingerprint density at radius 3 is 2.47 bits per heavy atom. The van der Waals surface area contributed by atoms with Gasteiger partial charge >= 0.3 is 12.1 Å². The lowest BCUT2D eigenvalue weighted by Crippen LogP contribution is -2.32. The van der Waals surface area contributed by atoms with Crippen LogP contribution in [0.25, 0.3) is 0 Å². The Hall–Kier alpha value is -3.04. The average molecular weight is 505 g/mol. The molecule has 0 aliphatic carbocycles. The zero-order valence-corrected chi connectivity index (χ0v) is 20.8. The van der Waals surface area contributed by atoms with Crippen molar-refractivity contribution in [2.75, 3.05) is 43.8 Å². The number of ether oxygens (including phenoxy) is 1. The predicted molar refractivity (Wildman–Crippen MR) is 136 cm³/mol. The van der Waals surface area contributed by atoms with Crippen LogP contribution in [0.4, 0.5) is 24.5 Å². The number of esters is 1. The van der Waals surface area contributed by atoms with Gasteiger partial charge in [0, 0.05) is 17.1 Å². The van der Waals surface area contributed by atoms with Crippen molar-refractivity contribution < 1.29 is 22.7 Å². The summed E-state index contributed by atoms with van der Waals surface area (Å²) in [7, 11) is 0. The number of halogens is 3. The molecule has 0 aromatic heterocycles. The maximum atomic E-state index is 13.2. The zero-order valence-electron chi connectivity index (χ0n) is 20.8. The number of carbonyl (C=O) groups excluding carboxylic acids is 1. The van der Waals surface area contributed by atoms with Gasteiger partial charge in [0.05, 0.1) is 23.8 Å². The molecule has 196 valence electrons. The molecular formula is C27H35F3N4O2. The van der Waals surface area contributed by atoms with E-state index in [1.54, 1.807) is 26.0 Å². The van der Waals surface area contributed by atoms with E-state index in [0.29, 0.717) is 23.5 Å². The minimum absolute atomic E-state index is 0.169. The minimum atomic E-state index is -4.47. The van der Waals surface area contributed by atoms with E-state index in [0.717, 1.165) is 43.8 Å². The van der Waals surface area contributed by atoms with Crippen LogP contribution in [0, 0.1) is 0 Å². The van der Waals surface area contributed by atoms with E-state index in [1.165, 1.54) is 25.0 Å². The van der Waals surface area contributed by atoms with E-state index in [1.807, 2.05) is 12.1 Å². The van der Waals surface area contributed by atoms with Crippen LogP contribution in [0.1, 0.15) is 50.3 Å². The number of nitrogens with one attached hydrogen (secondary N) is 2. The van der Waals surface area contributed by atoms with Crippen molar-refractivity contribution in [1.82, 2.24) is 10.2 Å². The van der Waals surface area contributed by atoms with Crippen molar-refractivity contribution >= 4 is 17.3 Å². The number of benzene rings is 2. The van der Waals surface area contributed by atoms with Crippen LogP contribution in [-0.2, 0) is 15.7 Å². The van der Waals surface area contributed by atoms with Crippen molar-refractivity contribution in [2.24, 2.45) is 0 Å². The molecule has 4 N–H and O–H groups in total. The lowest BCUT2D eigenvalue weighted by atomic mass is 9.96. The quantitative estimate of drug-likeness (QED) is 0.166. The second-order valence-electron chi connectivity index (χ2n) is 8.92. The van der Waals surface area contributed by atoms with Crippen molar-refractivity contribution in [3.05, 3.63) is 70.9 Å². The van der Waals surface area contributed by atoms with Gasteiger partial charge in [0.25, 0.3) is 0 Å². The zero-order chi connectivity index (χ0) is 26.1. The smallest absolute Gasteiger partial charge is 0.416 e. The topological polar surface area (TPSA) is 79.6 Å². The van der Waals surface area contributed by atoms with Crippen molar-refractivity contribution in [2.45, 2.75) is 45.3 Å². The number of rotatable bonds is 11. The molecule has 3 rings (SSSR count). The number of hydrogen-bond donors (Lipinski definition) is 3. The van der Waals surface area contributed by atoms with Crippen LogP contribution in [0.5, 0.6) is 0 Å². The molecule has 9 heteroatoms. The van der Waals surface area contributed by atoms with E-state index in [9.17, 15) is 18.0 Å². The van der Waals surface area contributed by atoms with E-state index in [-0.39, 0.29) is 12.3 Å². The average Bonchev–Trinajstić information content (AvgIpc) is 3.35. The lowest BCUT2D eigenvalue weighted by Gasteiger charge is -2.25. The van der Waals surface area contributed by atoms with Gasteiger partial charge in [-0.2, -0.15) is 13.2 Å². The van der Waals surface area contributed by atoms with Gasteiger partial charge in [-0.25, -0.2) is 4.79 Å². The summed E-state index contributed by atoms with van der Waals surface area (Å²) in [5.74, 6) is -0.539. The summed E-state index contributed by atoms with van der Waals surface area (Å²) < 4.78 is 45.0. The molecule has 36 heavy (non-hydrogen) atoms. The first-order valence-electron chi connectivity index (χ1n) is 12.3. The summed E-state index contributed by atoms with van der Waals surface area (Å²) in [4.78, 5) is 15.6. The number of allylic oxidation sites excluding steroid dienone is 1. The summed E-state index contributed by atoms with van der Waals surface area (Å²) in [5.41, 5.74) is 7.44. The number of alkyl halides is 3. The van der Waals surface area contributed by atoms with Gasteiger partial charge in [0.15, 0.2) is 0 Å². The second kappa shape index (κ2) is 12.8. The third-order valence-corrected chi connectivity index (χ3v) is 6.18. The summed E-state index contributed by atoms with van der Waals surface area (Å²) in [6, 6.07) is 11.5. The van der Waals surface area contributed by atoms with Gasteiger partial charge in [0.2, 0.25) is 0 Å². The fourth-order valence-corrected chi connectivity index (χ4v) is 4.38. The van der Waals surface area contributed by atoms with Gasteiger partial charge in [-0.05, 0) is 95.2 Å². The molecule has 0 radical (unpaired) electrons. The molecule has 2 aromatic carbocycles. The largest absolute Gasteiger partial charge is 0.463 e. The number of nitrogens with two attached hydrogens (primary N) is 1. The van der Waals surface area contributed by atoms with E-state index in [4.69, 9.17) is 10.5 Å². The van der Waals surface area contributed by atoms with Crippen LogP contribution < -0.4 is 16.4 Å². The Bertz CT molecular complexity index is 1030. The number of nitrogen functional groups attached to an aromatic ring is 1. The Balaban J connectivity index is 1.91. The number of anilines is 2. The first kappa shape index (κ1) is 27.5. The van der Waals surface area contributed by atoms with E-state index >= 15 is 0 Å². The van der Waals surface area contributed by atoms with Crippen LogP contribution in [0.15, 0.2) is 59.8 Å². The van der Waals surface area contributed by atoms with Crippen LogP contribution in [0.2, 0.25) is 0 Å². The Morgan fingerprint density at radius 1 is 1.14 bits per heavy atom.